The molecule has 0 bridgehead atoms. The van der Waals surface area contributed by atoms with Gasteiger partial charge in [0.1, 0.15) is 0 Å². The lowest BCUT2D eigenvalue weighted by Crippen LogP contribution is -2.46. The van der Waals surface area contributed by atoms with E-state index in [9.17, 15) is 13.6 Å². The highest BCUT2D eigenvalue weighted by Gasteiger charge is 2.30. The molecule has 1 fully saturated rings. The van der Waals surface area contributed by atoms with E-state index in [4.69, 9.17) is 0 Å². The Morgan fingerprint density at radius 2 is 1.92 bits per heavy atom. The molecule has 0 spiro atoms. The molecule has 4 rings (SSSR count). The van der Waals surface area contributed by atoms with Gasteiger partial charge in [0.25, 0.3) is 5.91 Å². The summed E-state index contributed by atoms with van der Waals surface area (Å²) >= 11 is 0. The van der Waals surface area contributed by atoms with Crippen molar-refractivity contribution >= 4 is 5.91 Å². The Morgan fingerprint density at radius 3 is 2.67 bits per heavy atom. The summed E-state index contributed by atoms with van der Waals surface area (Å²) < 4.78 is 28.4. The summed E-state index contributed by atoms with van der Waals surface area (Å²) in [5.74, 6) is -1.87. The molecular weight excluding hydrogens is 314 g/mol. The summed E-state index contributed by atoms with van der Waals surface area (Å²) in [6.45, 7) is 2.87. The number of hydrogen-bond acceptors (Lipinski definition) is 3. The monoisotopic (exact) mass is 332 g/mol. The van der Waals surface area contributed by atoms with E-state index in [2.05, 4.69) is 10.4 Å². The van der Waals surface area contributed by atoms with E-state index in [1.165, 1.54) is 6.07 Å². The fourth-order valence-corrected chi connectivity index (χ4v) is 3.46. The minimum absolute atomic E-state index is 0.0732. The highest BCUT2D eigenvalue weighted by Crippen LogP contribution is 2.29. The molecule has 1 aliphatic heterocycles. The average Bonchev–Trinajstić information content (AvgIpc) is 3.20. The van der Waals surface area contributed by atoms with Crippen LogP contribution in [0.15, 0.2) is 18.2 Å². The average molecular weight is 332 g/mol. The first-order valence-corrected chi connectivity index (χ1v) is 8.21. The number of carbonyl (C=O) groups excluding carboxylic acids is 1. The summed E-state index contributed by atoms with van der Waals surface area (Å²) in [6, 6.07) is 3.70. The Kier molecular flexibility index (Phi) is 3.80. The molecule has 1 amide bonds. The van der Waals surface area contributed by atoms with Crippen LogP contribution < -0.4 is 5.32 Å². The van der Waals surface area contributed by atoms with Crippen LogP contribution in [0.3, 0.4) is 0 Å². The normalized spacial score (nSPS) is 17.2. The molecule has 2 aliphatic rings. The van der Waals surface area contributed by atoms with E-state index in [0.717, 1.165) is 55.7 Å². The number of piperazine rings is 1. The molecule has 2 aromatic rings. The van der Waals surface area contributed by atoms with Crippen molar-refractivity contribution in [1.82, 2.24) is 20.0 Å². The van der Waals surface area contributed by atoms with E-state index in [1.807, 2.05) is 0 Å². The second-order valence-corrected chi connectivity index (χ2v) is 6.18. The molecule has 2 heterocycles. The predicted molar refractivity (Wildman–Crippen MR) is 84.3 cm³/mol. The van der Waals surface area contributed by atoms with Gasteiger partial charge in [-0.25, -0.2) is 13.5 Å². The Bertz CT molecular complexity index is 796. The number of benzene rings is 1. The second-order valence-electron chi connectivity index (χ2n) is 6.18. The molecule has 1 N–H and O–H groups in total. The zero-order valence-electron chi connectivity index (χ0n) is 13.2. The quantitative estimate of drug-likeness (QED) is 0.910. The van der Waals surface area contributed by atoms with Gasteiger partial charge in [-0.05, 0) is 31.4 Å². The molecule has 0 radical (unpaired) electrons. The minimum atomic E-state index is -0.912. The molecule has 7 heteroatoms. The summed E-state index contributed by atoms with van der Waals surface area (Å²) in [6.07, 6.45) is 2.53. The van der Waals surface area contributed by atoms with Gasteiger partial charge in [-0.2, -0.15) is 5.10 Å². The molecule has 1 aromatic carbocycles. The van der Waals surface area contributed by atoms with Crippen LogP contribution in [0.1, 0.15) is 28.2 Å². The molecule has 0 saturated carbocycles. The van der Waals surface area contributed by atoms with Crippen molar-refractivity contribution in [3.63, 3.8) is 0 Å². The third kappa shape index (κ3) is 2.49. The number of nitrogens with one attached hydrogen (secondary N) is 1. The maximum absolute atomic E-state index is 13.6. The molecule has 1 saturated heterocycles. The van der Waals surface area contributed by atoms with Crippen molar-refractivity contribution in [2.75, 3.05) is 26.2 Å². The zero-order chi connectivity index (χ0) is 16.7. The lowest BCUT2D eigenvalue weighted by molar-refractivity contribution is 0.0728. The molecule has 1 aromatic heterocycles. The van der Waals surface area contributed by atoms with Crippen molar-refractivity contribution in [3.8, 4) is 5.69 Å². The van der Waals surface area contributed by atoms with Gasteiger partial charge in [-0.3, -0.25) is 4.79 Å². The van der Waals surface area contributed by atoms with Gasteiger partial charge in [0.05, 0.1) is 5.69 Å². The number of aromatic nitrogens is 2. The number of rotatable bonds is 2. The largest absolute Gasteiger partial charge is 0.335 e. The summed E-state index contributed by atoms with van der Waals surface area (Å²) in [7, 11) is 0. The summed E-state index contributed by atoms with van der Waals surface area (Å²) in [5.41, 5.74) is 2.78. The van der Waals surface area contributed by atoms with Crippen molar-refractivity contribution in [1.29, 1.82) is 0 Å². The number of halogens is 2. The van der Waals surface area contributed by atoms with Crippen LogP contribution >= 0.6 is 0 Å². The van der Waals surface area contributed by atoms with Crippen molar-refractivity contribution in [2.24, 2.45) is 0 Å². The first-order chi connectivity index (χ1) is 11.6. The highest BCUT2D eigenvalue weighted by molar-refractivity contribution is 5.94. The fraction of sp³-hybridized carbons (Fsp3) is 0.412. The first-order valence-electron chi connectivity index (χ1n) is 8.21. The van der Waals surface area contributed by atoms with Crippen molar-refractivity contribution in [3.05, 3.63) is 46.8 Å². The van der Waals surface area contributed by atoms with Gasteiger partial charge in [0.2, 0.25) is 0 Å². The molecule has 24 heavy (non-hydrogen) atoms. The molecule has 126 valence electrons. The van der Waals surface area contributed by atoms with Crippen LogP contribution in [0.2, 0.25) is 0 Å². The first kappa shape index (κ1) is 15.3. The van der Waals surface area contributed by atoms with E-state index in [0.29, 0.717) is 24.5 Å². The van der Waals surface area contributed by atoms with Crippen LogP contribution in [0, 0.1) is 11.6 Å². The van der Waals surface area contributed by atoms with Crippen molar-refractivity contribution in [2.45, 2.75) is 19.3 Å². The van der Waals surface area contributed by atoms with Crippen LogP contribution in [0.5, 0.6) is 0 Å². The lowest BCUT2D eigenvalue weighted by Gasteiger charge is -2.26. The van der Waals surface area contributed by atoms with E-state index in [-0.39, 0.29) is 5.91 Å². The third-order valence-corrected chi connectivity index (χ3v) is 4.68. The van der Waals surface area contributed by atoms with Gasteiger partial charge in [-0.1, -0.05) is 0 Å². The van der Waals surface area contributed by atoms with Crippen LogP contribution in [-0.4, -0.2) is 46.8 Å². The minimum Gasteiger partial charge on any atom is -0.335 e. The number of carbonyl (C=O) groups is 1. The number of nitrogens with zero attached hydrogens (tertiary/aromatic N) is 3. The van der Waals surface area contributed by atoms with E-state index in [1.54, 1.807) is 9.58 Å². The second kappa shape index (κ2) is 5.98. The van der Waals surface area contributed by atoms with Gasteiger partial charge >= 0.3 is 0 Å². The Hall–Kier alpha value is -2.28. The zero-order valence-corrected chi connectivity index (χ0v) is 13.2. The smallest absolute Gasteiger partial charge is 0.274 e. The standard InChI is InChI=1S/C17H18F2N4O/c18-13-5-4-11(10-14(13)19)23-15-3-1-2-12(15)16(21-23)17(24)22-8-6-20-7-9-22/h4-5,10,20H,1-3,6-9H2. The van der Waals surface area contributed by atoms with Gasteiger partial charge in [-0.15, -0.1) is 0 Å². The molecule has 0 atom stereocenters. The SMILES string of the molecule is O=C(c1nn(-c2ccc(F)c(F)c2)c2c1CCC2)N1CCNCC1. The molecule has 1 aliphatic carbocycles. The van der Waals surface area contributed by atoms with Crippen molar-refractivity contribution < 1.29 is 13.6 Å². The predicted octanol–water partition coefficient (Wildman–Crippen LogP) is 1.68. The maximum atomic E-state index is 13.6. The number of hydrogen-bond donors (Lipinski definition) is 1. The Balaban J connectivity index is 1.74. The van der Waals surface area contributed by atoms with E-state index < -0.39 is 11.6 Å². The van der Waals surface area contributed by atoms with Gasteiger partial charge in [0.15, 0.2) is 17.3 Å². The molecule has 5 nitrogen and oxygen atoms in total. The van der Waals surface area contributed by atoms with Gasteiger partial charge < -0.3 is 10.2 Å². The molecule has 0 unspecified atom stereocenters. The lowest BCUT2D eigenvalue weighted by atomic mass is 10.1. The number of amides is 1. The van der Waals surface area contributed by atoms with Crippen LogP contribution in [0.25, 0.3) is 5.69 Å². The topological polar surface area (TPSA) is 50.2 Å². The number of fused-ring (bicyclic) bond motifs is 1. The van der Waals surface area contributed by atoms with Crippen LogP contribution in [-0.2, 0) is 12.8 Å². The summed E-state index contributed by atoms with van der Waals surface area (Å²) in [4.78, 5) is 14.6. The summed E-state index contributed by atoms with van der Waals surface area (Å²) in [5, 5.41) is 7.68. The fourth-order valence-electron chi connectivity index (χ4n) is 3.46. The van der Waals surface area contributed by atoms with Gasteiger partial charge in [0, 0.05) is 43.5 Å². The Morgan fingerprint density at radius 1 is 1.12 bits per heavy atom. The third-order valence-electron chi connectivity index (χ3n) is 4.68. The van der Waals surface area contributed by atoms with E-state index >= 15 is 0 Å². The van der Waals surface area contributed by atoms with Crippen LogP contribution in [0.4, 0.5) is 8.78 Å². The maximum Gasteiger partial charge on any atom is 0.274 e. The highest BCUT2D eigenvalue weighted by atomic mass is 19.2. The molecular formula is C17H18F2N4O. The Labute approximate surface area is 138 Å².